The molecule has 2 aromatic rings. The lowest BCUT2D eigenvalue weighted by molar-refractivity contribution is 0.0904. The van der Waals surface area contributed by atoms with E-state index in [2.05, 4.69) is 16.5 Å². The van der Waals surface area contributed by atoms with Gasteiger partial charge in [0.05, 0.1) is 18.8 Å². The minimum Gasteiger partial charge on any atom is -0.346 e. The normalized spacial score (nSPS) is 21.7. The standard InChI is InChI=1S/C18H18F2N4O3S/c1-4-28(26,27)23-17(25)14-9-21-16(24-10-18(3,20)11(24)2)15(22-14)12-5-7-13(19)8-6-12/h4-9,11H,1,10H2,2-3H3,(H,23,25)/t11-,18-/m1/s1. The van der Waals surface area contributed by atoms with Crippen molar-refractivity contribution in [2.24, 2.45) is 0 Å². The average Bonchev–Trinajstić information content (AvgIpc) is 2.66. The maximum Gasteiger partial charge on any atom is 0.285 e. The zero-order chi connectivity index (χ0) is 20.7. The highest BCUT2D eigenvalue weighted by atomic mass is 32.2. The van der Waals surface area contributed by atoms with Crippen molar-refractivity contribution in [3.8, 4) is 11.3 Å². The molecule has 148 valence electrons. The lowest BCUT2D eigenvalue weighted by atomic mass is 9.88. The Bertz CT molecular complexity index is 1040. The second-order valence-electron chi connectivity index (χ2n) is 6.66. The number of carbonyl (C=O) groups is 1. The molecule has 0 unspecified atom stereocenters. The Morgan fingerprint density at radius 2 is 2.04 bits per heavy atom. The first-order valence-corrected chi connectivity index (χ1v) is 9.87. The van der Waals surface area contributed by atoms with E-state index in [-0.39, 0.29) is 17.9 Å². The Morgan fingerprint density at radius 1 is 1.39 bits per heavy atom. The number of hydrogen-bond donors (Lipinski definition) is 1. The van der Waals surface area contributed by atoms with Crippen LogP contribution in [0, 0.1) is 5.82 Å². The second-order valence-corrected chi connectivity index (χ2v) is 8.29. The van der Waals surface area contributed by atoms with E-state index >= 15 is 0 Å². The fourth-order valence-electron chi connectivity index (χ4n) is 2.80. The van der Waals surface area contributed by atoms with Gasteiger partial charge >= 0.3 is 0 Å². The maximum atomic E-state index is 14.3. The number of amides is 1. The zero-order valence-electron chi connectivity index (χ0n) is 15.2. The third-order valence-corrected chi connectivity index (χ3v) is 5.56. The molecule has 1 aliphatic rings. The van der Waals surface area contributed by atoms with Crippen LogP contribution in [-0.4, -0.2) is 42.5 Å². The predicted octanol–water partition coefficient (Wildman–Crippen LogP) is 2.42. The Labute approximate surface area is 161 Å². The molecule has 1 N–H and O–H groups in total. The zero-order valence-corrected chi connectivity index (χ0v) is 16.0. The number of sulfonamides is 1. The summed E-state index contributed by atoms with van der Waals surface area (Å²) in [6.07, 6.45) is 1.11. The summed E-state index contributed by atoms with van der Waals surface area (Å²) in [6, 6.07) is 4.85. The van der Waals surface area contributed by atoms with E-state index in [0.717, 1.165) is 6.20 Å². The average molecular weight is 408 g/mol. The van der Waals surface area contributed by atoms with E-state index in [1.165, 1.54) is 31.2 Å². The minimum absolute atomic E-state index is 0.0768. The highest BCUT2D eigenvalue weighted by Crippen LogP contribution is 2.39. The van der Waals surface area contributed by atoms with Gasteiger partial charge in [0.2, 0.25) is 0 Å². The first-order valence-electron chi connectivity index (χ1n) is 8.32. The van der Waals surface area contributed by atoms with Crippen molar-refractivity contribution >= 4 is 21.7 Å². The topological polar surface area (TPSA) is 92.3 Å². The molecular weight excluding hydrogens is 390 g/mol. The summed E-state index contributed by atoms with van der Waals surface area (Å²) in [5.74, 6) is -1.13. The molecule has 0 bridgehead atoms. The summed E-state index contributed by atoms with van der Waals surface area (Å²) in [5.41, 5.74) is -1.00. The molecule has 2 heterocycles. The van der Waals surface area contributed by atoms with Gasteiger partial charge in [-0.15, -0.1) is 0 Å². The molecule has 0 saturated carbocycles. The highest BCUT2D eigenvalue weighted by Gasteiger charge is 2.48. The molecule has 1 aromatic heterocycles. The molecule has 10 heteroatoms. The van der Waals surface area contributed by atoms with Crippen molar-refractivity contribution in [2.75, 3.05) is 11.4 Å². The van der Waals surface area contributed by atoms with Crippen LogP contribution in [0.5, 0.6) is 0 Å². The number of nitrogens with one attached hydrogen (secondary N) is 1. The summed E-state index contributed by atoms with van der Waals surface area (Å²) in [4.78, 5) is 22.3. The Hall–Kier alpha value is -2.88. The molecule has 1 amide bonds. The molecule has 1 fully saturated rings. The van der Waals surface area contributed by atoms with E-state index < -0.39 is 33.5 Å². The number of halogens is 2. The molecule has 1 aliphatic heterocycles. The summed E-state index contributed by atoms with van der Waals surface area (Å²) in [5, 5.41) is 0.595. The summed E-state index contributed by atoms with van der Waals surface area (Å²) >= 11 is 0. The van der Waals surface area contributed by atoms with Gasteiger partial charge in [0.1, 0.15) is 22.9 Å². The minimum atomic E-state index is -4.01. The van der Waals surface area contributed by atoms with Crippen LogP contribution < -0.4 is 9.62 Å². The lowest BCUT2D eigenvalue weighted by Gasteiger charge is -2.50. The highest BCUT2D eigenvalue weighted by molar-refractivity contribution is 7.92. The van der Waals surface area contributed by atoms with Crippen molar-refractivity contribution in [3.05, 3.63) is 54.0 Å². The quantitative estimate of drug-likeness (QED) is 0.817. The van der Waals surface area contributed by atoms with Gasteiger partial charge in [-0.05, 0) is 38.1 Å². The molecule has 7 nitrogen and oxygen atoms in total. The van der Waals surface area contributed by atoms with Gasteiger partial charge in [-0.1, -0.05) is 6.58 Å². The van der Waals surface area contributed by atoms with Gasteiger partial charge in [-0.2, -0.15) is 0 Å². The first-order chi connectivity index (χ1) is 13.0. The molecule has 0 radical (unpaired) electrons. The lowest BCUT2D eigenvalue weighted by Crippen LogP contribution is -2.65. The Morgan fingerprint density at radius 3 is 2.57 bits per heavy atom. The van der Waals surface area contributed by atoms with Crippen LogP contribution in [0.15, 0.2) is 42.4 Å². The monoisotopic (exact) mass is 408 g/mol. The molecule has 28 heavy (non-hydrogen) atoms. The van der Waals surface area contributed by atoms with Gasteiger partial charge < -0.3 is 4.90 Å². The summed E-state index contributed by atoms with van der Waals surface area (Å²) in [6.45, 7) is 6.36. The van der Waals surface area contributed by atoms with Crippen molar-refractivity contribution < 1.29 is 22.0 Å². The number of alkyl halides is 1. The summed E-state index contributed by atoms with van der Waals surface area (Å²) < 4.78 is 52.4. The second kappa shape index (κ2) is 6.93. The van der Waals surface area contributed by atoms with Crippen LogP contribution in [0.2, 0.25) is 0 Å². The molecule has 1 saturated heterocycles. The van der Waals surface area contributed by atoms with E-state index in [1.54, 1.807) is 16.5 Å². The molecule has 3 rings (SSSR count). The third kappa shape index (κ3) is 3.72. The fourth-order valence-corrected chi connectivity index (χ4v) is 3.25. The summed E-state index contributed by atoms with van der Waals surface area (Å²) in [7, 11) is -4.01. The maximum absolute atomic E-state index is 14.3. The molecule has 1 aromatic carbocycles. The van der Waals surface area contributed by atoms with Gasteiger partial charge in [0, 0.05) is 11.0 Å². The third-order valence-electron chi connectivity index (χ3n) is 4.65. The van der Waals surface area contributed by atoms with Crippen molar-refractivity contribution in [2.45, 2.75) is 25.6 Å². The van der Waals surface area contributed by atoms with E-state index in [9.17, 15) is 22.0 Å². The van der Waals surface area contributed by atoms with Gasteiger partial charge in [-0.25, -0.2) is 31.9 Å². The number of nitrogens with zero attached hydrogens (tertiary/aromatic N) is 3. The molecular formula is C18H18F2N4O3S. The van der Waals surface area contributed by atoms with Crippen LogP contribution in [-0.2, 0) is 10.0 Å². The van der Waals surface area contributed by atoms with E-state index in [4.69, 9.17) is 0 Å². The Balaban J connectivity index is 2.05. The number of rotatable bonds is 5. The van der Waals surface area contributed by atoms with Crippen LogP contribution >= 0.6 is 0 Å². The largest absolute Gasteiger partial charge is 0.346 e. The molecule has 2 atom stereocenters. The van der Waals surface area contributed by atoms with Crippen LogP contribution in [0.1, 0.15) is 24.3 Å². The fraction of sp³-hybridized carbons (Fsp3) is 0.278. The van der Waals surface area contributed by atoms with Crippen LogP contribution in [0.3, 0.4) is 0 Å². The number of benzene rings is 1. The number of anilines is 1. The van der Waals surface area contributed by atoms with Crippen molar-refractivity contribution in [3.63, 3.8) is 0 Å². The number of hydrogen-bond acceptors (Lipinski definition) is 6. The van der Waals surface area contributed by atoms with E-state index in [1.807, 2.05) is 0 Å². The Kier molecular flexibility index (Phi) is 4.92. The first kappa shape index (κ1) is 19.9. The van der Waals surface area contributed by atoms with Crippen molar-refractivity contribution in [1.29, 1.82) is 0 Å². The number of aromatic nitrogens is 2. The van der Waals surface area contributed by atoms with Crippen LogP contribution in [0.25, 0.3) is 11.3 Å². The van der Waals surface area contributed by atoms with Gasteiger partial charge in [0.25, 0.3) is 15.9 Å². The van der Waals surface area contributed by atoms with Gasteiger partial charge in [0.15, 0.2) is 5.82 Å². The smallest absolute Gasteiger partial charge is 0.285 e. The van der Waals surface area contributed by atoms with Crippen LogP contribution in [0.4, 0.5) is 14.6 Å². The SMILES string of the molecule is C=CS(=O)(=O)NC(=O)c1cnc(N2C[C@@](C)(F)[C@H]2C)c(-c2ccc(F)cc2)n1. The van der Waals surface area contributed by atoms with Gasteiger partial charge in [-0.3, -0.25) is 4.79 Å². The number of carbonyl (C=O) groups excluding carboxylic acids is 1. The molecule has 0 spiro atoms. The van der Waals surface area contributed by atoms with Crippen molar-refractivity contribution in [1.82, 2.24) is 14.7 Å². The van der Waals surface area contributed by atoms with E-state index in [0.29, 0.717) is 16.8 Å². The predicted molar refractivity (Wildman–Crippen MR) is 100 cm³/mol. The molecule has 0 aliphatic carbocycles.